The first-order valence-corrected chi connectivity index (χ1v) is 7.20. The summed E-state index contributed by atoms with van der Waals surface area (Å²) in [5.74, 6) is 0. The second-order valence-corrected chi connectivity index (χ2v) is 6.31. The fourth-order valence-electron chi connectivity index (χ4n) is 2.18. The lowest BCUT2D eigenvalue weighted by Crippen LogP contribution is -2.52. The SMILES string of the molecule is F[Si]1(F)c2ccccc2C=Cc2ccccc21. The first kappa shape index (κ1) is 10.4. The smallest absolute Gasteiger partial charge is 0.259 e. The van der Waals surface area contributed by atoms with Crippen molar-refractivity contribution in [3.63, 3.8) is 0 Å². The van der Waals surface area contributed by atoms with Crippen molar-refractivity contribution in [1.82, 2.24) is 0 Å². The molecule has 0 N–H and O–H groups in total. The molecule has 0 radical (unpaired) electrons. The molecule has 1 aliphatic heterocycles. The average Bonchev–Trinajstić information content (AvgIpc) is 2.47. The number of halogens is 2. The van der Waals surface area contributed by atoms with E-state index < -0.39 is 8.74 Å². The number of hydrogen-bond acceptors (Lipinski definition) is 0. The summed E-state index contributed by atoms with van der Waals surface area (Å²) in [5.41, 5.74) is 1.28. The molecule has 0 spiro atoms. The standard InChI is InChI=1S/C14H10F2Si/c15-17(16)13-7-3-1-5-11(13)9-10-12-6-2-4-8-14(12)17/h1-10H. The first-order valence-electron chi connectivity index (χ1n) is 5.44. The van der Waals surface area contributed by atoms with E-state index in [1.54, 1.807) is 60.7 Å². The Kier molecular flexibility index (Phi) is 2.23. The van der Waals surface area contributed by atoms with Gasteiger partial charge >= 0.3 is 8.74 Å². The monoisotopic (exact) mass is 244 g/mol. The predicted octanol–water partition coefficient (Wildman–Crippen LogP) is 2.67. The number of benzene rings is 2. The summed E-state index contributed by atoms with van der Waals surface area (Å²) >= 11 is 0. The summed E-state index contributed by atoms with van der Waals surface area (Å²) in [5, 5.41) is 0.419. The lowest BCUT2D eigenvalue weighted by Gasteiger charge is -2.15. The van der Waals surface area contributed by atoms with Gasteiger partial charge in [-0.3, -0.25) is 8.22 Å². The molecule has 0 unspecified atom stereocenters. The maximum atomic E-state index is 14.5. The molecule has 0 saturated heterocycles. The third-order valence-electron chi connectivity index (χ3n) is 3.04. The summed E-state index contributed by atoms with van der Waals surface area (Å²) < 4.78 is 29.1. The van der Waals surface area contributed by atoms with Gasteiger partial charge in [-0.1, -0.05) is 60.7 Å². The van der Waals surface area contributed by atoms with Crippen molar-refractivity contribution in [1.29, 1.82) is 0 Å². The molecule has 0 fully saturated rings. The Labute approximate surface area is 99.6 Å². The van der Waals surface area contributed by atoms with Crippen LogP contribution in [0.1, 0.15) is 11.1 Å². The fourth-order valence-corrected chi connectivity index (χ4v) is 4.14. The van der Waals surface area contributed by atoms with Gasteiger partial charge < -0.3 is 0 Å². The molecule has 0 aliphatic carbocycles. The molecule has 0 saturated carbocycles. The molecule has 2 aromatic rings. The maximum absolute atomic E-state index is 14.5. The summed E-state index contributed by atoms with van der Waals surface area (Å²) in [6, 6.07) is 13.6. The molecular formula is C14H10F2Si. The number of rotatable bonds is 0. The van der Waals surface area contributed by atoms with Crippen molar-refractivity contribution in [2.45, 2.75) is 0 Å². The summed E-state index contributed by atoms with van der Waals surface area (Å²) in [6.07, 6.45) is 3.56. The van der Waals surface area contributed by atoms with Gasteiger partial charge in [-0.05, 0) is 11.1 Å². The van der Waals surface area contributed by atoms with Crippen LogP contribution in [0.25, 0.3) is 12.2 Å². The highest BCUT2D eigenvalue weighted by molar-refractivity contribution is 6.92. The second-order valence-electron chi connectivity index (χ2n) is 4.08. The number of hydrogen-bond donors (Lipinski definition) is 0. The van der Waals surface area contributed by atoms with Gasteiger partial charge in [-0.25, -0.2) is 0 Å². The highest BCUT2D eigenvalue weighted by Gasteiger charge is 2.44. The molecule has 1 aliphatic rings. The van der Waals surface area contributed by atoms with Crippen LogP contribution in [0.3, 0.4) is 0 Å². The molecule has 84 valence electrons. The minimum absolute atomic E-state index is 0.209. The molecule has 0 atom stereocenters. The molecule has 0 amide bonds. The largest absolute Gasteiger partial charge is 0.488 e. The van der Waals surface area contributed by atoms with E-state index in [1.165, 1.54) is 0 Å². The van der Waals surface area contributed by atoms with E-state index in [1.807, 2.05) is 0 Å². The Morgan fingerprint density at radius 1 is 0.647 bits per heavy atom. The van der Waals surface area contributed by atoms with Gasteiger partial charge in [0.1, 0.15) is 0 Å². The Balaban J connectivity index is 2.34. The normalized spacial score (nSPS) is 15.9. The van der Waals surface area contributed by atoms with Crippen LogP contribution in [-0.2, 0) is 0 Å². The third kappa shape index (κ3) is 1.54. The zero-order valence-electron chi connectivity index (χ0n) is 9.03. The molecule has 0 nitrogen and oxygen atoms in total. The fraction of sp³-hybridized carbons (Fsp3) is 0. The van der Waals surface area contributed by atoms with Gasteiger partial charge in [0, 0.05) is 10.4 Å². The lowest BCUT2D eigenvalue weighted by molar-refractivity contribution is 0.654. The molecule has 0 aromatic heterocycles. The lowest BCUT2D eigenvalue weighted by atomic mass is 10.1. The summed E-state index contributed by atoms with van der Waals surface area (Å²) in [6.45, 7) is 0. The minimum atomic E-state index is -4.54. The third-order valence-corrected chi connectivity index (χ3v) is 5.30. The van der Waals surface area contributed by atoms with Gasteiger partial charge in [0.25, 0.3) is 0 Å². The van der Waals surface area contributed by atoms with Crippen molar-refractivity contribution in [2.24, 2.45) is 0 Å². The maximum Gasteiger partial charge on any atom is 0.488 e. The predicted molar refractivity (Wildman–Crippen MR) is 69.1 cm³/mol. The highest BCUT2D eigenvalue weighted by atomic mass is 28.4. The van der Waals surface area contributed by atoms with Gasteiger partial charge in [-0.2, -0.15) is 0 Å². The van der Waals surface area contributed by atoms with Crippen molar-refractivity contribution >= 4 is 31.3 Å². The zero-order valence-corrected chi connectivity index (χ0v) is 10.0. The summed E-state index contributed by atoms with van der Waals surface area (Å²) in [7, 11) is -4.54. The van der Waals surface area contributed by atoms with E-state index in [9.17, 15) is 8.22 Å². The Morgan fingerprint density at radius 3 is 1.53 bits per heavy atom. The van der Waals surface area contributed by atoms with Crippen molar-refractivity contribution < 1.29 is 8.22 Å². The molecule has 0 bridgehead atoms. The van der Waals surface area contributed by atoms with E-state index in [0.29, 0.717) is 11.1 Å². The highest BCUT2D eigenvalue weighted by Crippen LogP contribution is 2.19. The van der Waals surface area contributed by atoms with Crippen LogP contribution in [0, 0.1) is 0 Å². The minimum Gasteiger partial charge on any atom is -0.259 e. The van der Waals surface area contributed by atoms with E-state index >= 15 is 0 Å². The van der Waals surface area contributed by atoms with Crippen LogP contribution in [0.15, 0.2) is 48.5 Å². The van der Waals surface area contributed by atoms with Crippen molar-refractivity contribution in [3.8, 4) is 0 Å². The van der Waals surface area contributed by atoms with E-state index in [2.05, 4.69) is 0 Å². The Bertz CT molecular complexity index is 551. The molecule has 3 heteroatoms. The van der Waals surface area contributed by atoms with E-state index in [-0.39, 0.29) is 10.4 Å². The van der Waals surface area contributed by atoms with Crippen LogP contribution in [0.2, 0.25) is 0 Å². The molecule has 3 rings (SSSR count). The topological polar surface area (TPSA) is 0 Å². The average molecular weight is 244 g/mol. The molecule has 1 heterocycles. The van der Waals surface area contributed by atoms with Crippen LogP contribution in [0.4, 0.5) is 8.22 Å². The van der Waals surface area contributed by atoms with Crippen LogP contribution >= 0.6 is 0 Å². The Hall–Kier alpha value is -1.74. The molecule has 2 aromatic carbocycles. The second kappa shape index (κ2) is 3.63. The van der Waals surface area contributed by atoms with E-state index in [0.717, 1.165) is 0 Å². The van der Waals surface area contributed by atoms with Crippen molar-refractivity contribution in [2.75, 3.05) is 0 Å². The van der Waals surface area contributed by atoms with Crippen LogP contribution in [-0.4, -0.2) is 8.74 Å². The van der Waals surface area contributed by atoms with Gasteiger partial charge in [0.05, 0.1) is 0 Å². The van der Waals surface area contributed by atoms with Gasteiger partial charge in [-0.15, -0.1) is 0 Å². The quantitative estimate of drug-likeness (QED) is 0.494. The van der Waals surface area contributed by atoms with Crippen LogP contribution in [0.5, 0.6) is 0 Å². The summed E-state index contributed by atoms with van der Waals surface area (Å²) in [4.78, 5) is 0. The van der Waals surface area contributed by atoms with Crippen molar-refractivity contribution in [3.05, 3.63) is 59.7 Å². The Morgan fingerprint density at radius 2 is 1.06 bits per heavy atom. The molecular weight excluding hydrogens is 234 g/mol. The van der Waals surface area contributed by atoms with Gasteiger partial charge in [0.15, 0.2) is 0 Å². The molecule has 17 heavy (non-hydrogen) atoms. The van der Waals surface area contributed by atoms with Crippen LogP contribution < -0.4 is 10.4 Å². The van der Waals surface area contributed by atoms with Gasteiger partial charge in [0.2, 0.25) is 0 Å². The zero-order chi connectivity index (χ0) is 11.9. The number of fused-ring (bicyclic) bond motifs is 2. The van der Waals surface area contributed by atoms with E-state index in [4.69, 9.17) is 0 Å². The first-order chi connectivity index (χ1) is 8.19.